The van der Waals surface area contributed by atoms with Crippen molar-refractivity contribution in [3.63, 3.8) is 0 Å². The van der Waals surface area contributed by atoms with Crippen molar-refractivity contribution in [3.05, 3.63) is 11.1 Å². The summed E-state index contributed by atoms with van der Waals surface area (Å²) in [6.07, 6.45) is 8.66. The molecule has 0 aliphatic heterocycles. The van der Waals surface area contributed by atoms with E-state index in [2.05, 4.69) is 25.8 Å². The number of nitrogens with zero attached hydrogens (tertiary/aromatic N) is 3. The Bertz CT molecular complexity index is 666. The van der Waals surface area contributed by atoms with Crippen molar-refractivity contribution in [1.82, 2.24) is 19.5 Å². The smallest absolute Gasteiger partial charge is 0.242 e. The molecule has 1 N–H and O–H groups in total. The molecule has 108 valence electrons. The van der Waals surface area contributed by atoms with E-state index in [0.29, 0.717) is 21.9 Å². The molecule has 1 aliphatic rings. The van der Waals surface area contributed by atoms with E-state index >= 15 is 0 Å². The number of aromatic nitrogens is 4. The molecule has 1 aliphatic carbocycles. The third-order valence-corrected chi connectivity index (χ3v) is 5.42. The Balaban J connectivity index is 2.15. The molecule has 0 amide bonds. The third-order valence-electron chi connectivity index (χ3n) is 3.97. The molecule has 2 aromatic heterocycles. The molecular formula is C13H18N4OS2. The van der Waals surface area contributed by atoms with E-state index in [9.17, 15) is 0 Å². The van der Waals surface area contributed by atoms with Crippen molar-refractivity contribution in [3.8, 4) is 5.88 Å². The first-order valence-electron chi connectivity index (χ1n) is 6.78. The SMILES string of the molecule is COc1ncnc2c1[nH]c(=S)n2C1CCCCC1SC. The summed E-state index contributed by atoms with van der Waals surface area (Å²) in [5.74, 6) is 0.552. The van der Waals surface area contributed by atoms with E-state index in [1.807, 2.05) is 11.8 Å². The molecule has 1 saturated carbocycles. The Morgan fingerprint density at radius 1 is 1.40 bits per heavy atom. The van der Waals surface area contributed by atoms with Gasteiger partial charge in [0.1, 0.15) is 11.8 Å². The lowest BCUT2D eigenvalue weighted by Crippen LogP contribution is -2.25. The van der Waals surface area contributed by atoms with Crippen molar-refractivity contribution in [2.24, 2.45) is 0 Å². The van der Waals surface area contributed by atoms with Crippen LogP contribution in [0.25, 0.3) is 11.2 Å². The number of imidazole rings is 1. The average Bonchev–Trinajstić information content (AvgIpc) is 2.82. The van der Waals surface area contributed by atoms with Crippen molar-refractivity contribution >= 4 is 35.1 Å². The van der Waals surface area contributed by atoms with Crippen LogP contribution in [0.3, 0.4) is 0 Å². The van der Waals surface area contributed by atoms with E-state index in [1.54, 1.807) is 7.11 Å². The molecule has 3 rings (SSSR count). The zero-order valence-electron chi connectivity index (χ0n) is 11.6. The fourth-order valence-electron chi connectivity index (χ4n) is 3.03. The van der Waals surface area contributed by atoms with Gasteiger partial charge in [-0.05, 0) is 31.3 Å². The van der Waals surface area contributed by atoms with Gasteiger partial charge in [0.15, 0.2) is 10.4 Å². The average molecular weight is 310 g/mol. The van der Waals surface area contributed by atoms with Crippen LogP contribution >= 0.6 is 24.0 Å². The molecule has 5 nitrogen and oxygen atoms in total. The number of hydrogen-bond donors (Lipinski definition) is 1. The second-order valence-corrected chi connectivity index (χ2v) is 6.47. The van der Waals surface area contributed by atoms with Crippen molar-refractivity contribution in [2.45, 2.75) is 37.0 Å². The predicted molar refractivity (Wildman–Crippen MR) is 84.1 cm³/mol. The summed E-state index contributed by atoms with van der Waals surface area (Å²) in [6.45, 7) is 0. The first-order chi connectivity index (χ1) is 9.76. The molecule has 2 atom stereocenters. The van der Waals surface area contributed by atoms with Gasteiger partial charge < -0.3 is 9.72 Å². The minimum atomic E-state index is 0.402. The minimum Gasteiger partial charge on any atom is -0.479 e. The van der Waals surface area contributed by atoms with E-state index in [1.165, 1.54) is 25.6 Å². The molecule has 1 fully saturated rings. The van der Waals surface area contributed by atoms with Crippen LogP contribution in [0.4, 0.5) is 0 Å². The molecular weight excluding hydrogens is 292 g/mol. The Kier molecular flexibility index (Phi) is 3.98. The number of ether oxygens (including phenoxy) is 1. The number of aromatic amines is 1. The van der Waals surface area contributed by atoms with Gasteiger partial charge in [0.25, 0.3) is 0 Å². The second-order valence-electron chi connectivity index (χ2n) is 5.01. The monoisotopic (exact) mass is 310 g/mol. The highest BCUT2D eigenvalue weighted by Gasteiger charge is 2.28. The molecule has 2 aromatic rings. The van der Waals surface area contributed by atoms with Gasteiger partial charge in [-0.2, -0.15) is 16.7 Å². The Labute approximate surface area is 127 Å². The van der Waals surface area contributed by atoms with E-state index in [0.717, 1.165) is 17.6 Å². The van der Waals surface area contributed by atoms with Gasteiger partial charge >= 0.3 is 0 Å². The quantitative estimate of drug-likeness (QED) is 0.881. The Hall–Kier alpha value is -1.08. The van der Waals surface area contributed by atoms with Crippen LogP contribution in [0.2, 0.25) is 0 Å². The second kappa shape index (κ2) is 5.73. The summed E-state index contributed by atoms with van der Waals surface area (Å²) in [4.78, 5) is 11.8. The minimum absolute atomic E-state index is 0.402. The maximum Gasteiger partial charge on any atom is 0.242 e. The summed E-state index contributed by atoms with van der Waals surface area (Å²) < 4.78 is 8.16. The number of methoxy groups -OCH3 is 1. The lowest BCUT2D eigenvalue weighted by atomic mass is 9.94. The zero-order chi connectivity index (χ0) is 14.1. The van der Waals surface area contributed by atoms with E-state index < -0.39 is 0 Å². The van der Waals surface area contributed by atoms with Crippen molar-refractivity contribution in [1.29, 1.82) is 0 Å². The van der Waals surface area contributed by atoms with Gasteiger partial charge in [0.05, 0.1) is 7.11 Å². The van der Waals surface area contributed by atoms with Crippen LogP contribution in [0.5, 0.6) is 5.88 Å². The number of thioether (sulfide) groups is 1. The Morgan fingerprint density at radius 3 is 2.95 bits per heavy atom. The van der Waals surface area contributed by atoms with Crippen LogP contribution in [-0.2, 0) is 0 Å². The summed E-state index contributed by atoms with van der Waals surface area (Å²) in [6, 6.07) is 0.402. The highest BCUT2D eigenvalue weighted by atomic mass is 32.2. The zero-order valence-corrected chi connectivity index (χ0v) is 13.3. The van der Waals surface area contributed by atoms with Crippen LogP contribution in [0.1, 0.15) is 31.7 Å². The first-order valence-corrected chi connectivity index (χ1v) is 8.48. The maximum atomic E-state index is 5.52. The molecule has 0 bridgehead atoms. The number of H-pyrrole nitrogens is 1. The number of rotatable bonds is 3. The molecule has 0 saturated heterocycles. The lowest BCUT2D eigenvalue weighted by Gasteiger charge is -2.31. The van der Waals surface area contributed by atoms with Crippen LogP contribution < -0.4 is 4.74 Å². The van der Waals surface area contributed by atoms with Crippen LogP contribution in [0, 0.1) is 4.77 Å². The molecule has 0 radical (unpaired) electrons. The molecule has 7 heteroatoms. The largest absolute Gasteiger partial charge is 0.479 e. The number of fused-ring (bicyclic) bond motifs is 1. The first kappa shape index (κ1) is 13.9. The van der Waals surface area contributed by atoms with E-state index in [-0.39, 0.29) is 0 Å². The number of hydrogen-bond acceptors (Lipinski definition) is 5. The van der Waals surface area contributed by atoms with Gasteiger partial charge in [-0.3, -0.25) is 4.57 Å². The lowest BCUT2D eigenvalue weighted by molar-refractivity contribution is 0.367. The van der Waals surface area contributed by atoms with Crippen molar-refractivity contribution in [2.75, 3.05) is 13.4 Å². The highest BCUT2D eigenvalue weighted by molar-refractivity contribution is 7.99. The van der Waals surface area contributed by atoms with Crippen molar-refractivity contribution < 1.29 is 4.74 Å². The van der Waals surface area contributed by atoms with Crippen LogP contribution in [0.15, 0.2) is 6.33 Å². The molecule has 2 heterocycles. The van der Waals surface area contributed by atoms with Gasteiger partial charge in [-0.25, -0.2) is 4.98 Å². The summed E-state index contributed by atoms with van der Waals surface area (Å²) in [7, 11) is 1.61. The summed E-state index contributed by atoms with van der Waals surface area (Å²) >= 11 is 7.44. The molecule has 2 unspecified atom stereocenters. The fourth-order valence-corrected chi connectivity index (χ4v) is 4.32. The van der Waals surface area contributed by atoms with Gasteiger partial charge in [0, 0.05) is 11.3 Å². The summed E-state index contributed by atoms with van der Waals surface area (Å²) in [5.41, 5.74) is 1.65. The predicted octanol–water partition coefficient (Wildman–Crippen LogP) is 3.34. The van der Waals surface area contributed by atoms with Crippen LogP contribution in [-0.4, -0.2) is 38.1 Å². The molecule has 20 heavy (non-hydrogen) atoms. The Morgan fingerprint density at radius 2 is 2.20 bits per heavy atom. The maximum absolute atomic E-state index is 5.52. The molecule has 0 spiro atoms. The number of nitrogens with one attached hydrogen (secondary N) is 1. The molecule has 0 aromatic carbocycles. The van der Waals surface area contributed by atoms with Gasteiger partial charge in [0.2, 0.25) is 5.88 Å². The topological polar surface area (TPSA) is 55.7 Å². The van der Waals surface area contributed by atoms with Gasteiger partial charge in [-0.15, -0.1) is 0 Å². The highest BCUT2D eigenvalue weighted by Crippen LogP contribution is 2.37. The third kappa shape index (κ3) is 2.22. The summed E-state index contributed by atoms with van der Waals surface area (Å²) in [5, 5.41) is 0.593. The normalized spacial score (nSPS) is 23.1. The fraction of sp³-hybridized carbons (Fsp3) is 0.615. The standard InChI is InChI=1S/C13H18N4OS2/c1-18-12-10-11(14-7-15-12)17(13(19)16-10)8-5-3-4-6-9(8)20-2/h7-9H,3-6H2,1-2H3,(H,16,19). The van der Waals surface area contributed by atoms with E-state index in [4.69, 9.17) is 17.0 Å². The van der Waals surface area contributed by atoms with Gasteiger partial charge in [-0.1, -0.05) is 12.8 Å².